The van der Waals surface area contributed by atoms with Crippen LogP contribution in [0.5, 0.6) is 0 Å². The largest absolute Gasteiger partial charge is 0.269 e. The van der Waals surface area contributed by atoms with Gasteiger partial charge in [0.15, 0.2) is 0 Å². The molecule has 0 bridgehead atoms. The van der Waals surface area contributed by atoms with Crippen LogP contribution in [0, 0.1) is 0 Å². The smallest absolute Gasteiger partial charge is 0.0378 e. The van der Waals surface area contributed by atoms with E-state index in [2.05, 4.69) is 29.1 Å². The SMILES string of the molecule is C\C=C/C=N\C(C)=C\C(=C/CC)C1=CN=CCC1. The zero-order chi connectivity index (χ0) is 13.2. The van der Waals surface area contributed by atoms with E-state index < -0.39 is 0 Å². The lowest BCUT2D eigenvalue weighted by Gasteiger charge is -2.10. The molecular weight excluding hydrogens is 220 g/mol. The summed E-state index contributed by atoms with van der Waals surface area (Å²) in [5.74, 6) is 0. The molecular formula is C16H22N2. The summed E-state index contributed by atoms with van der Waals surface area (Å²) in [5, 5.41) is 0. The summed E-state index contributed by atoms with van der Waals surface area (Å²) in [6.45, 7) is 6.16. The van der Waals surface area contributed by atoms with Crippen molar-refractivity contribution in [1.29, 1.82) is 0 Å². The molecule has 0 radical (unpaired) electrons. The molecule has 0 aromatic heterocycles. The van der Waals surface area contributed by atoms with Crippen molar-refractivity contribution in [3.63, 3.8) is 0 Å². The molecule has 18 heavy (non-hydrogen) atoms. The Hall–Kier alpha value is -1.70. The fraction of sp³-hybridized carbons (Fsp3) is 0.375. The second-order valence-electron chi connectivity index (χ2n) is 4.18. The number of rotatable bonds is 5. The first kappa shape index (κ1) is 14.4. The maximum atomic E-state index is 4.37. The van der Waals surface area contributed by atoms with Gasteiger partial charge >= 0.3 is 0 Å². The van der Waals surface area contributed by atoms with Gasteiger partial charge in [-0.2, -0.15) is 0 Å². The van der Waals surface area contributed by atoms with E-state index in [0.29, 0.717) is 0 Å². The topological polar surface area (TPSA) is 24.7 Å². The summed E-state index contributed by atoms with van der Waals surface area (Å²) in [6, 6.07) is 0. The van der Waals surface area contributed by atoms with Crippen LogP contribution in [-0.2, 0) is 0 Å². The number of hydrogen-bond donors (Lipinski definition) is 0. The second kappa shape index (κ2) is 8.40. The van der Waals surface area contributed by atoms with E-state index in [9.17, 15) is 0 Å². The summed E-state index contributed by atoms with van der Waals surface area (Å²) < 4.78 is 0. The molecule has 0 amide bonds. The van der Waals surface area contributed by atoms with E-state index in [1.165, 1.54) is 11.1 Å². The molecule has 0 unspecified atom stereocenters. The van der Waals surface area contributed by atoms with Gasteiger partial charge in [-0.3, -0.25) is 9.98 Å². The standard InChI is InChI=1S/C16H22N2/c1-4-6-11-18-14(3)12-15(8-5-2)16-9-7-10-17-13-16/h4,6,8,10-13H,5,7,9H2,1-3H3/b6-4-,14-12+,15-8+,18-11-. The van der Waals surface area contributed by atoms with Crippen molar-refractivity contribution in [2.24, 2.45) is 9.98 Å². The maximum Gasteiger partial charge on any atom is 0.0378 e. The van der Waals surface area contributed by atoms with Gasteiger partial charge in [-0.05, 0) is 56.4 Å². The van der Waals surface area contributed by atoms with E-state index in [0.717, 1.165) is 25.0 Å². The van der Waals surface area contributed by atoms with Crippen LogP contribution in [-0.4, -0.2) is 12.4 Å². The van der Waals surface area contributed by atoms with Gasteiger partial charge in [-0.25, -0.2) is 0 Å². The summed E-state index contributed by atoms with van der Waals surface area (Å²) in [5.41, 5.74) is 3.58. The fourth-order valence-corrected chi connectivity index (χ4v) is 1.73. The van der Waals surface area contributed by atoms with E-state index in [-0.39, 0.29) is 0 Å². The van der Waals surface area contributed by atoms with Crippen molar-refractivity contribution in [3.05, 3.63) is 47.3 Å². The number of aliphatic imine (C=N–C) groups is 2. The van der Waals surface area contributed by atoms with Crippen LogP contribution in [0.25, 0.3) is 0 Å². The zero-order valence-corrected chi connectivity index (χ0v) is 11.6. The minimum Gasteiger partial charge on any atom is -0.269 e. The van der Waals surface area contributed by atoms with Gasteiger partial charge in [-0.15, -0.1) is 0 Å². The molecule has 1 aliphatic rings. The third kappa shape index (κ3) is 5.09. The molecule has 0 N–H and O–H groups in total. The Morgan fingerprint density at radius 2 is 2.33 bits per heavy atom. The minimum atomic E-state index is 1.02. The summed E-state index contributed by atoms with van der Waals surface area (Å²) in [4.78, 5) is 8.61. The first-order valence-corrected chi connectivity index (χ1v) is 6.52. The van der Waals surface area contributed by atoms with Gasteiger partial charge in [-0.1, -0.05) is 19.1 Å². The van der Waals surface area contributed by atoms with Gasteiger partial charge in [0, 0.05) is 24.3 Å². The summed E-state index contributed by atoms with van der Waals surface area (Å²) in [6.07, 6.45) is 17.2. The van der Waals surface area contributed by atoms with Crippen molar-refractivity contribution in [1.82, 2.24) is 0 Å². The third-order valence-electron chi connectivity index (χ3n) is 2.59. The predicted molar refractivity (Wildman–Crippen MR) is 81.2 cm³/mol. The van der Waals surface area contributed by atoms with Gasteiger partial charge < -0.3 is 0 Å². The lowest BCUT2D eigenvalue weighted by molar-refractivity contribution is 1.00. The molecule has 0 aliphatic carbocycles. The number of hydrogen-bond acceptors (Lipinski definition) is 2. The minimum absolute atomic E-state index is 1.02. The Labute approximate surface area is 110 Å². The predicted octanol–water partition coefficient (Wildman–Crippen LogP) is 4.62. The molecule has 0 spiro atoms. The van der Waals surface area contributed by atoms with Crippen LogP contribution in [0.15, 0.2) is 57.3 Å². The first-order chi connectivity index (χ1) is 8.77. The van der Waals surface area contributed by atoms with Crippen LogP contribution >= 0.6 is 0 Å². The van der Waals surface area contributed by atoms with Crippen molar-refractivity contribution in [2.45, 2.75) is 40.0 Å². The quantitative estimate of drug-likeness (QED) is 0.496. The van der Waals surface area contributed by atoms with Crippen molar-refractivity contribution in [2.75, 3.05) is 0 Å². The fourth-order valence-electron chi connectivity index (χ4n) is 1.73. The Morgan fingerprint density at radius 1 is 1.50 bits per heavy atom. The van der Waals surface area contributed by atoms with Gasteiger partial charge in [0.05, 0.1) is 0 Å². The van der Waals surface area contributed by atoms with Crippen LogP contribution < -0.4 is 0 Å². The zero-order valence-electron chi connectivity index (χ0n) is 11.6. The van der Waals surface area contributed by atoms with Crippen molar-refractivity contribution in [3.8, 4) is 0 Å². The lowest BCUT2D eigenvalue weighted by atomic mass is 9.99. The van der Waals surface area contributed by atoms with Crippen molar-refractivity contribution < 1.29 is 0 Å². The molecule has 0 saturated carbocycles. The average Bonchev–Trinajstić information content (AvgIpc) is 2.39. The highest BCUT2D eigenvalue weighted by atomic mass is 14.7. The molecule has 1 heterocycles. The number of nitrogens with zero attached hydrogens (tertiary/aromatic N) is 2. The number of allylic oxidation sites excluding steroid dienone is 7. The van der Waals surface area contributed by atoms with Crippen LogP contribution in [0.3, 0.4) is 0 Å². The molecule has 0 atom stereocenters. The van der Waals surface area contributed by atoms with Crippen LogP contribution in [0.4, 0.5) is 0 Å². The van der Waals surface area contributed by atoms with Crippen molar-refractivity contribution >= 4 is 12.4 Å². The monoisotopic (exact) mass is 242 g/mol. The Kier molecular flexibility index (Phi) is 6.70. The van der Waals surface area contributed by atoms with E-state index in [4.69, 9.17) is 0 Å². The lowest BCUT2D eigenvalue weighted by Crippen LogP contribution is -1.94. The molecule has 96 valence electrons. The molecule has 0 fully saturated rings. The van der Waals surface area contributed by atoms with E-state index in [1.54, 1.807) is 0 Å². The molecule has 0 aromatic rings. The second-order valence-corrected chi connectivity index (χ2v) is 4.18. The average molecular weight is 242 g/mol. The Bertz CT molecular complexity index is 432. The first-order valence-electron chi connectivity index (χ1n) is 6.52. The van der Waals surface area contributed by atoms with E-state index in [1.807, 2.05) is 44.6 Å². The molecule has 0 aromatic carbocycles. The van der Waals surface area contributed by atoms with Crippen LogP contribution in [0.2, 0.25) is 0 Å². The Balaban J connectivity index is 2.86. The molecule has 2 heteroatoms. The maximum absolute atomic E-state index is 4.37. The molecule has 1 aliphatic heterocycles. The third-order valence-corrected chi connectivity index (χ3v) is 2.59. The normalized spacial score (nSPS) is 17.8. The summed E-state index contributed by atoms with van der Waals surface area (Å²) >= 11 is 0. The molecule has 2 nitrogen and oxygen atoms in total. The summed E-state index contributed by atoms with van der Waals surface area (Å²) in [7, 11) is 0. The highest BCUT2D eigenvalue weighted by molar-refractivity contribution is 5.72. The molecule has 1 rings (SSSR count). The molecule has 0 saturated heterocycles. The van der Waals surface area contributed by atoms with Gasteiger partial charge in [0.25, 0.3) is 0 Å². The highest BCUT2D eigenvalue weighted by Gasteiger charge is 2.04. The highest BCUT2D eigenvalue weighted by Crippen LogP contribution is 2.21. The van der Waals surface area contributed by atoms with Gasteiger partial charge in [0.1, 0.15) is 0 Å². The Morgan fingerprint density at radius 3 is 2.94 bits per heavy atom. The van der Waals surface area contributed by atoms with E-state index >= 15 is 0 Å². The van der Waals surface area contributed by atoms with Crippen LogP contribution in [0.1, 0.15) is 40.0 Å². The van der Waals surface area contributed by atoms with Gasteiger partial charge in [0.2, 0.25) is 0 Å².